The number of anilines is 1. The Morgan fingerprint density at radius 1 is 1.46 bits per heavy atom. The number of carbonyl (C=O) groups is 1. The third-order valence-corrected chi connectivity index (χ3v) is 1.78. The fourth-order valence-electron chi connectivity index (χ4n) is 1.08. The van der Waals surface area contributed by atoms with E-state index >= 15 is 0 Å². The molecule has 0 atom stereocenters. The number of aryl methyl sites for hydroxylation is 1. The number of pyridine rings is 1. The van der Waals surface area contributed by atoms with E-state index in [1.807, 2.05) is 13.0 Å². The van der Waals surface area contributed by atoms with E-state index in [1.165, 1.54) is 0 Å². The third kappa shape index (κ3) is 1.96. The summed E-state index contributed by atoms with van der Waals surface area (Å²) in [5.41, 5.74) is 2.25. The minimum absolute atomic E-state index is 0.128. The van der Waals surface area contributed by atoms with Crippen LogP contribution in [-0.2, 0) is 0 Å². The first-order valence-corrected chi connectivity index (χ1v) is 4.05. The van der Waals surface area contributed by atoms with Gasteiger partial charge < -0.3 is 10.6 Å². The molecule has 0 fully saturated rings. The predicted molar refractivity (Wildman–Crippen MR) is 51.9 cm³/mol. The molecular weight excluding hydrogens is 166 g/mol. The Bertz CT molecular complexity index is 323. The highest BCUT2D eigenvalue weighted by atomic mass is 16.1. The van der Waals surface area contributed by atoms with Crippen molar-refractivity contribution < 1.29 is 4.79 Å². The molecule has 2 N–H and O–H groups in total. The topological polar surface area (TPSA) is 54.0 Å². The van der Waals surface area contributed by atoms with Crippen LogP contribution in [0.5, 0.6) is 0 Å². The van der Waals surface area contributed by atoms with Crippen molar-refractivity contribution in [3.63, 3.8) is 0 Å². The van der Waals surface area contributed by atoms with E-state index < -0.39 is 0 Å². The molecule has 1 rings (SSSR count). The zero-order valence-corrected chi connectivity index (χ0v) is 8.01. The van der Waals surface area contributed by atoms with Crippen molar-refractivity contribution in [2.24, 2.45) is 0 Å². The van der Waals surface area contributed by atoms with Gasteiger partial charge in [-0.1, -0.05) is 0 Å². The first kappa shape index (κ1) is 9.51. The number of hydrogen-bond acceptors (Lipinski definition) is 3. The van der Waals surface area contributed by atoms with Crippen LogP contribution in [0.15, 0.2) is 12.3 Å². The fourth-order valence-corrected chi connectivity index (χ4v) is 1.08. The molecule has 0 saturated heterocycles. The van der Waals surface area contributed by atoms with Crippen LogP contribution in [0.3, 0.4) is 0 Å². The molecule has 0 unspecified atom stereocenters. The van der Waals surface area contributed by atoms with Crippen molar-refractivity contribution in [3.8, 4) is 0 Å². The molecule has 70 valence electrons. The molecule has 0 aromatic carbocycles. The molecule has 0 aliphatic carbocycles. The quantitative estimate of drug-likeness (QED) is 0.705. The summed E-state index contributed by atoms with van der Waals surface area (Å²) < 4.78 is 0. The number of carbonyl (C=O) groups excluding carboxylic acids is 1. The minimum atomic E-state index is -0.128. The van der Waals surface area contributed by atoms with Crippen molar-refractivity contribution in [1.29, 1.82) is 0 Å². The zero-order valence-electron chi connectivity index (χ0n) is 8.01. The van der Waals surface area contributed by atoms with Gasteiger partial charge in [0.05, 0.1) is 11.3 Å². The molecule has 0 aliphatic rings. The number of aromatic nitrogens is 1. The summed E-state index contributed by atoms with van der Waals surface area (Å²) in [4.78, 5) is 15.4. The molecule has 1 aromatic rings. The lowest BCUT2D eigenvalue weighted by atomic mass is 10.2. The Balaban J connectivity index is 3.13. The first-order chi connectivity index (χ1) is 6.19. The van der Waals surface area contributed by atoms with E-state index in [0.29, 0.717) is 5.56 Å². The maximum absolute atomic E-state index is 11.3. The van der Waals surface area contributed by atoms with Gasteiger partial charge in [0.25, 0.3) is 5.91 Å². The van der Waals surface area contributed by atoms with Crippen molar-refractivity contribution in [1.82, 2.24) is 10.3 Å². The molecule has 0 bridgehead atoms. The third-order valence-electron chi connectivity index (χ3n) is 1.78. The summed E-state index contributed by atoms with van der Waals surface area (Å²) >= 11 is 0. The van der Waals surface area contributed by atoms with Gasteiger partial charge in [-0.15, -0.1) is 0 Å². The Labute approximate surface area is 77.4 Å². The maximum Gasteiger partial charge on any atom is 0.254 e. The van der Waals surface area contributed by atoms with Gasteiger partial charge in [0, 0.05) is 26.0 Å². The van der Waals surface area contributed by atoms with Crippen LogP contribution in [0.1, 0.15) is 16.1 Å². The normalized spacial score (nSPS) is 9.46. The summed E-state index contributed by atoms with van der Waals surface area (Å²) in [5.74, 6) is -0.128. The Morgan fingerprint density at radius 2 is 2.15 bits per heavy atom. The van der Waals surface area contributed by atoms with Crippen molar-refractivity contribution >= 4 is 11.6 Å². The predicted octanol–water partition coefficient (Wildman–Crippen LogP) is 0.791. The van der Waals surface area contributed by atoms with Gasteiger partial charge in [-0.05, 0) is 13.0 Å². The largest absolute Gasteiger partial charge is 0.387 e. The molecule has 1 heterocycles. The Hall–Kier alpha value is -1.58. The lowest BCUT2D eigenvalue weighted by Crippen LogP contribution is -2.19. The van der Waals surface area contributed by atoms with Gasteiger partial charge in [0.1, 0.15) is 0 Å². The van der Waals surface area contributed by atoms with Crippen LogP contribution >= 0.6 is 0 Å². The number of nitrogens with zero attached hydrogens (tertiary/aromatic N) is 1. The Morgan fingerprint density at radius 3 is 2.69 bits per heavy atom. The average Bonchev–Trinajstić information content (AvgIpc) is 2.16. The lowest BCUT2D eigenvalue weighted by Gasteiger charge is -2.07. The van der Waals surface area contributed by atoms with E-state index in [1.54, 1.807) is 20.3 Å². The maximum atomic E-state index is 11.3. The van der Waals surface area contributed by atoms with Gasteiger partial charge in [0.2, 0.25) is 0 Å². The van der Waals surface area contributed by atoms with Crippen LogP contribution in [0.2, 0.25) is 0 Å². The summed E-state index contributed by atoms with van der Waals surface area (Å²) in [6.07, 6.45) is 1.57. The van der Waals surface area contributed by atoms with E-state index in [9.17, 15) is 4.79 Å². The second kappa shape index (κ2) is 3.89. The van der Waals surface area contributed by atoms with Crippen LogP contribution in [0.4, 0.5) is 5.69 Å². The highest BCUT2D eigenvalue weighted by Crippen LogP contribution is 2.14. The molecule has 4 heteroatoms. The molecule has 0 spiro atoms. The molecule has 4 nitrogen and oxygen atoms in total. The van der Waals surface area contributed by atoms with Crippen molar-refractivity contribution in [2.45, 2.75) is 6.92 Å². The number of rotatable bonds is 2. The monoisotopic (exact) mass is 179 g/mol. The second-order valence-corrected chi connectivity index (χ2v) is 2.70. The number of nitrogens with one attached hydrogen (secondary N) is 2. The second-order valence-electron chi connectivity index (χ2n) is 2.70. The molecule has 1 amide bonds. The standard InChI is InChI=1S/C9H13N3O/c1-6-4-8(10-2)7(5-12-6)9(13)11-3/h4-5H,1-3H3,(H,10,12)(H,11,13). The summed E-state index contributed by atoms with van der Waals surface area (Å²) in [7, 11) is 3.38. The number of hydrogen-bond donors (Lipinski definition) is 2. The van der Waals surface area contributed by atoms with E-state index in [0.717, 1.165) is 11.4 Å². The molecular formula is C9H13N3O. The molecule has 0 saturated carbocycles. The van der Waals surface area contributed by atoms with Crippen LogP contribution in [0.25, 0.3) is 0 Å². The highest BCUT2D eigenvalue weighted by Gasteiger charge is 2.08. The first-order valence-electron chi connectivity index (χ1n) is 4.05. The van der Waals surface area contributed by atoms with E-state index in [2.05, 4.69) is 15.6 Å². The fraction of sp³-hybridized carbons (Fsp3) is 0.333. The molecule has 1 aromatic heterocycles. The summed E-state index contributed by atoms with van der Waals surface area (Å²) in [6, 6.07) is 1.84. The summed E-state index contributed by atoms with van der Waals surface area (Å²) in [6.45, 7) is 1.88. The molecule has 13 heavy (non-hydrogen) atoms. The van der Waals surface area contributed by atoms with Gasteiger partial charge >= 0.3 is 0 Å². The van der Waals surface area contributed by atoms with Gasteiger partial charge in [-0.25, -0.2) is 0 Å². The summed E-state index contributed by atoms with van der Waals surface area (Å²) in [5, 5.41) is 5.51. The highest BCUT2D eigenvalue weighted by molar-refractivity contribution is 5.99. The number of amides is 1. The van der Waals surface area contributed by atoms with E-state index in [4.69, 9.17) is 0 Å². The van der Waals surface area contributed by atoms with Crippen LogP contribution in [0, 0.1) is 6.92 Å². The van der Waals surface area contributed by atoms with Gasteiger partial charge in [0.15, 0.2) is 0 Å². The average molecular weight is 179 g/mol. The van der Waals surface area contributed by atoms with Crippen LogP contribution in [-0.4, -0.2) is 25.0 Å². The smallest absolute Gasteiger partial charge is 0.254 e. The molecule has 0 radical (unpaired) electrons. The van der Waals surface area contributed by atoms with Gasteiger partial charge in [-0.3, -0.25) is 9.78 Å². The van der Waals surface area contributed by atoms with Crippen molar-refractivity contribution in [2.75, 3.05) is 19.4 Å². The SMILES string of the molecule is CNC(=O)c1cnc(C)cc1NC. The Kier molecular flexibility index (Phi) is 2.84. The van der Waals surface area contributed by atoms with Gasteiger partial charge in [-0.2, -0.15) is 0 Å². The van der Waals surface area contributed by atoms with Crippen LogP contribution < -0.4 is 10.6 Å². The minimum Gasteiger partial charge on any atom is -0.387 e. The lowest BCUT2D eigenvalue weighted by molar-refractivity contribution is 0.0963. The zero-order chi connectivity index (χ0) is 9.84. The molecule has 0 aliphatic heterocycles. The van der Waals surface area contributed by atoms with Crippen molar-refractivity contribution in [3.05, 3.63) is 23.5 Å². The van der Waals surface area contributed by atoms with E-state index in [-0.39, 0.29) is 5.91 Å².